The predicted molar refractivity (Wildman–Crippen MR) is 71.6 cm³/mol. The van der Waals surface area contributed by atoms with Crippen molar-refractivity contribution >= 4 is 0 Å². The Morgan fingerprint density at radius 1 is 1.25 bits per heavy atom. The molecule has 1 rings (SSSR count). The molecule has 0 aliphatic carbocycles. The SMILES string of the molecule is CCCC1CCN(CCCCC(C)N)CC1. The van der Waals surface area contributed by atoms with Crippen LogP contribution in [0.25, 0.3) is 0 Å². The van der Waals surface area contributed by atoms with Crippen LogP contribution in [-0.2, 0) is 0 Å². The topological polar surface area (TPSA) is 29.3 Å². The second-order valence-corrected chi connectivity index (χ2v) is 5.55. The Kier molecular flexibility index (Phi) is 7.06. The van der Waals surface area contributed by atoms with E-state index >= 15 is 0 Å². The highest BCUT2D eigenvalue weighted by Crippen LogP contribution is 2.21. The average molecular weight is 226 g/mol. The van der Waals surface area contributed by atoms with Crippen LogP contribution in [0.3, 0.4) is 0 Å². The third-order valence-corrected chi connectivity index (χ3v) is 3.79. The molecule has 2 heteroatoms. The lowest BCUT2D eigenvalue weighted by Gasteiger charge is -2.31. The molecule has 2 nitrogen and oxygen atoms in total. The smallest absolute Gasteiger partial charge is 0.00104 e. The lowest BCUT2D eigenvalue weighted by Crippen LogP contribution is -2.34. The Morgan fingerprint density at radius 3 is 2.50 bits per heavy atom. The standard InChI is InChI=1S/C14H30N2/c1-3-6-14-8-11-16(12-9-14)10-5-4-7-13(2)15/h13-14H,3-12,15H2,1-2H3. The fourth-order valence-electron chi connectivity index (χ4n) is 2.71. The summed E-state index contributed by atoms with van der Waals surface area (Å²) in [7, 11) is 0. The van der Waals surface area contributed by atoms with E-state index < -0.39 is 0 Å². The van der Waals surface area contributed by atoms with Crippen LogP contribution in [0.15, 0.2) is 0 Å². The van der Waals surface area contributed by atoms with E-state index in [4.69, 9.17) is 5.73 Å². The van der Waals surface area contributed by atoms with E-state index in [2.05, 4.69) is 18.7 Å². The molecule has 1 aliphatic rings. The minimum atomic E-state index is 0.385. The molecule has 2 N–H and O–H groups in total. The van der Waals surface area contributed by atoms with Crippen molar-refractivity contribution in [2.45, 2.75) is 64.8 Å². The summed E-state index contributed by atoms with van der Waals surface area (Å²) >= 11 is 0. The summed E-state index contributed by atoms with van der Waals surface area (Å²) in [6, 6.07) is 0.385. The van der Waals surface area contributed by atoms with Gasteiger partial charge in [0.05, 0.1) is 0 Å². The summed E-state index contributed by atoms with van der Waals surface area (Å²) in [5, 5.41) is 0. The van der Waals surface area contributed by atoms with Gasteiger partial charge in [0, 0.05) is 6.04 Å². The molecule has 1 heterocycles. The second-order valence-electron chi connectivity index (χ2n) is 5.55. The molecule has 1 unspecified atom stereocenters. The first-order chi connectivity index (χ1) is 7.72. The van der Waals surface area contributed by atoms with Gasteiger partial charge in [0.25, 0.3) is 0 Å². The van der Waals surface area contributed by atoms with E-state index in [1.54, 1.807) is 0 Å². The molecule has 1 fully saturated rings. The summed E-state index contributed by atoms with van der Waals surface area (Å²) in [5.41, 5.74) is 5.75. The van der Waals surface area contributed by atoms with Crippen LogP contribution in [-0.4, -0.2) is 30.6 Å². The highest BCUT2D eigenvalue weighted by Gasteiger charge is 2.17. The number of nitrogens with two attached hydrogens (primary N) is 1. The average Bonchev–Trinajstić information content (AvgIpc) is 2.27. The fraction of sp³-hybridized carbons (Fsp3) is 1.00. The molecule has 0 amide bonds. The normalized spacial score (nSPS) is 21.2. The van der Waals surface area contributed by atoms with E-state index in [0.29, 0.717) is 6.04 Å². The Hall–Kier alpha value is -0.0800. The van der Waals surface area contributed by atoms with Crippen molar-refractivity contribution in [2.24, 2.45) is 11.7 Å². The third kappa shape index (κ3) is 5.86. The van der Waals surface area contributed by atoms with Gasteiger partial charge in [-0.3, -0.25) is 0 Å². The third-order valence-electron chi connectivity index (χ3n) is 3.79. The van der Waals surface area contributed by atoms with Crippen LogP contribution in [0, 0.1) is 5.92 Å². The Morgan fingerprint density at radius 2 is 1.94 bits per heavy atom. The molecule has 0 aromatic rings. The lowest BCUT2D eigenvalue weighted by atomic mass is 9.92. The minimum Gasteiger partial charge on any atom is -0.328 e. The first-order valence-corrected chi connectivity index (χ1v) is 7.20. The maximum Gasteiger partial charge on any atom is 0.00104 e. The van der Waals surface area contributed by atoms with E-state index in [0.717, 1.165) is 5.92 Å². The Bertz CT molecular complexity index is 160. The lowest BCUT2D eigenvalue weighted by molar-refractivity contribution is 0.175. The van der Waals surface area contributed by atoms with Crippen molar-refractivity contribution in [3.63, 3.8) is 0 Å². The van der Waals surface area contributed by atoms with Crippen LogP contribution in [0.5, 0.6) is 0 Å². The molecular weight excluding hydrogens is 196 g/mol. The highest BCUT2D eigenvalue weighted by atomic mass is 15.1. The number of hydrogen-bond acceptors (Lipinski definition) is 2. The van der Waals surface area contributed by atoms with Gasteiger partial charge >= 0.3 is 0 Å². The summed E-state index contributed by atoms with van der Waals surface area (Å²) in [6.45, 7) is 8.38. The molecule has 16 heavy (non-hydrogen) atoms. The van der Waals surface area contributed by atoms with Gasteiger partial charge in [0.2, 0.25) is 0 Å². The van der Waals surface area contributed by atoms with Crippen LogP contribution in [0.4, 0.5) is 0 Å². The number of likely N-dealkylation sites (tertiary alicyclic amines) is 1. The van der Waals surface area contributed by atoms with Crippen LogP contribution < -0.4 is 5.73 Å². The molecule has 0 bridgehead atoms. The van der Waals surface area contributed by atoms with E-state index in [1.807, 2.05) is 0 Å². The van der Waals surface area contributed by atoms with Gasteiger partial charge in [-0.2, -0.15) is 0 Å². The molecule has 0 saturated carbocycles. The minimum absolute atomic E-state index is 0.385. The first kappa shape index (κ1) is 14.0. The number of nitrogens with zero attached hydrogens (tertiary/aromatic N) is 1. The van der Waals surface area contributed by atoms with Crippen molar-refractivity contribution in [3.8, 4) is 0 Å². The first-order valence-electron chi connectivity index (χ1n) is 7.20. The van der Waals surface area contributed by atoms with Crippen molar-refractivity contribution in [2.75, 3.05) is 19.6 Å². The molecule has 1 aliphatic heterocycles. The second kappa shape index (κ2) is 8.08. The largest absolute Gasteiger partial charge is 0.328 e. The monoisotopic (exact) mass is 226 g/mol. The molecule has 1 atom stereocenters. The molecule has 0 spiro atoms. The van der Waals surface area contributed by atoms with Crippen LogP contribution in [0.1, 0.15) is 58.8 Å². The zero-order chi connectivity index (χ0) is 11.8. The maximum atomic E-state index is 5.75. The quantitative estimate of drug-likeness (QED) is 0.676. The zero-order valence-corrected chi connectivity index (χ0v) is 11.3. The zero-order valence-electron chi connectivity index (χ0n) is 11.3. The summed E-state index contributed by atoms with van der Waals surface area (Å²) in [6.07, 6.45) is 9.48. The molecule has 0 aromatic carbocycles. The molecule has 1 saturated heterocycles. The molecular formula is C14H30N2. The number of piperidine rings is 1. The van der Waals surface area contributed by atoms with Gasteiger partial charge in [0.1, 0.15) is 0 Å². The number of unbranched alkanes of at least 4 members (excludes halogenated alkanes) is 1. The van der Waals surface area contributed by atoms with E-state index in [9.17, 15) is 0 Å². The van der Waals surface area contributed by atoms with Gasteiger partial charge in [-0.05, 0) is 58.2 Å². The van der Waals surface area contributed by atoms with Gasteiger partial charge in [-0.25, -0.2) is 0 Å². The summed E-state index contributed by atoms with van der Waals surface area (Å²) < 4.78 is 0. The van der Waals surface area contributed by atoms with Crippen LogP contribution in [0.2, 0.25) is 0 Å². The molecule has 96 valence electrons. The van der Waals surface area contributed by atoms with E-state index in [-0.39, 0.29) is 0 Å². The van der Waals surface area contributed by atoms with Gasteiger partial charge in [-0.1, -0.05) is 26.2 Å². The van der Waals surface area contributed by atoms with Crippen molar-refractivity contribution in [1.29, 1.82) is 0 Å². The summed E-state index contributed by atoms with van der Waals surface area (Å²) in [4.78, 5) is 2.65. The number of rotatable bonds is 7. The van der Waals surface area contributed by atoms with Crippen molar-refractivity contribution in [1.82, 2.24) is 4.90 Å². The fourth-order valence-corrected chi connectivity index (χ4v) is 2.71. The van der Waals surface area contributed by atoms with Crippen LogP contribution >= 0.6 is 0 Å². The highest BCUT2D eigenvalue weighted by molar-refractivity contribution is 4.72. The molecule has 0 radical (unpaired) electrons. The molecule has 0 aromatic heterocycles. The van der Waals surface area contributed by atoms with Gasteiger partial charge in [0.15, 0.2) is 0 Å². The Balaban J connectivity index is 1.99. The van der Waals surface area contributed by atoms with Crippen molar-refractivity contribution in [3.05, 3.63) is 0 Å². The summed E-state index contributed by atoms with van der Waals surface area (Å²) in [5.74, 6) is 1.02. The number of hydrogen-bond donors (Lipinski definition) is 1. The van der Waals surface area contributed by atoms with Crippen molar-refractivity contribution < 1.29 is 0 Å². The van der Waals surface area contributed by atoms with E-state index in [1.165, 1.54) is 64.6 Å². The predicted octanol–water partition coefficient (Wildman–Crippen LogP) is 3.02. The van der Waals surface area contributed by atoms with Gasteiger partial charge < -0.3 is 10.6 Å². The van der Waals surface area contributed by atoms with Gasteiger partial charge in [-0.15, -0.1) is 0 Å². The Labute approximate surface area is 102 Å². The maximum absolute atomic E-state index is 5.75.